The van der Waals surface area contributed by atoms with Crippen molar-refractivity contribution in [2.24, 2.45) is 28.7 Å². The minimum absolute atomic E-state index is 0.0527. The van der Waals surface area contributed by atoms with Crippen LogP contribution in [0.15, 0.2) is 12.2 Å². The number of piperazine rings is 1. The first kappa shape index (κ1) is 35.9. The lowest BCUT2D eigenvalue weighted by atomic mass is 9.70. The molecule has 4 aliphatic rings. The minimum atomic E-state index is -1.28. The van der Waals surface area contributed by atoms with Gasteiger partial charge < -0.3 is 31.9 Å². The first-order chi connectivity index (χ1) is 21.5. The van der Waals surface area contributed by atoms with Gasteiger partial charge in [-0.2, -0.15) is 0 Å². The Kier molecular flexibility index (Phi) is 12.9. The number of likely N-dealkylation sites (N-methyl/N-ethyl adjacent to an activating group) is 1. The van der Waals surface area contributed by atoms with E-state index in [1.54, 1.807) is 17.7 Å². The average Bonchev–Trinajstić information content (AvgIpc) is 3.06. The number of rotatable bonds is 9. The molecule has 0 aromatic rings. The summed E-state index contributed by atoms with van der Waals surface area (Å²) in [6.45, 7) is 9.39. The van der Waals surface area contributed by atoms with Crippen molar-refractivity contribution in [3.8, 4) is 0 Å². The van der Waals surface area contributed by atoms with Crippen LogP contribution in [0, 0.1) is 17.3 Å². The van der Waals surface area contributed by atoms with E-state index in [-0.39, 0.29) is 29.7 Å². The number of alkyl halides is 2. The highest BCUT2D eigenvalue weighted by Gasteiger charge is 2.47. The standard InChI is InChI=1S/C33H58F2N8O2/c1-5-11-33(6-2)12-7-8-24(34)22-41(4)27(19-33)28(30(36)37)31(44)39-26-21-38-20-25(35)29(26)42-13-9-23(10-14-42)32(45)43-17-15-40(3)16-18-43/h7-8,22-30,38H,5-6,9-21,36-37H2,1-4H3/p+1. The number of nitrogens with two attached hydrogens (primary N) is 2. The fourth-order valence-corrected chi connectivity index (χ4v) is 8.19. The van der Waals surface area contributed by atoms with Crippen LogP contribution in [-0.4, -0.2) is 140 Å². The lowest BCUT2D eigenvalue weighted by Crippen LogP contribution is -2.67. The molecule has 45 heavy (non-hydrogen) atoms. The van der Waals surface area contributed by atoms with E-state index >= 15 is 4.39 Å². The van der Waals surface area contributed by atoms with Crippen molar-refractivity contribution in [3.63, 3.8) is 0 Å². The van der Waals surface area contributed by atoms with Crippen molar-refractivity contribution in [1.82, 2.24) is 25.3 Å². The van der Waals surface area contributed by atoms with Gasteiger partial charge in [0.1, 0.15) is 19.1 Å². The molecule has 0 aromatic carbocycles. The van der Waals surface area contributed by atoms with E-state index in [0.717, 1.165) is 51.9 Å². The molecule has 10 nitrogen and oxygen atoms in total. The van der Waals surface area contributed by atoms with Crippen LogP contribution in [0.25, 0.3) is 0 Å². The Morgan fingerprint density at radius 1 is 1.09 bits per heavy atom. The Balaban J connectivity index is 1.48. The van der Waals surface area contributed by atoms with Gasteiger partial charge in [-0.1, -0.05) is 26.3 Å². The molecule has 6 N–H and O–H groups in total. The SMILES string of the molecule is CCCC1(CC)CC=CC(F)C=[N+](C)C(C(C(=O)NC2CNCC(F)C2N2CCC(C(=O)N3CCN(C)CC3)CC2)C(N)N)C1. The number of likely N-dealkylation sites (tertiary alicyclic amines) is 1. The second kappa shape index (κ2) is 16.2. The fraction of sp³-hybridized carbons (Fsp3) is 0.848. The number of hydrogen-bond acceptors (Lipinski definition) is 7. The second-order valence-corrected chi connectivity index (χ2v) is 14.1. The van der Waals surface area contributed by atoms with Crippen molar-refractivity contribution >= 4 is 18.0 Å². The zero-order chi connectivity index (χ0) is 32.7. The van der Waals surface area contributed by atoms with Crippen molar-refractivity contribution in [2.75, 3.05) is 66.5 Å². The van der Waals surface area contributed by atoms with E-state index in [9.17, 15) is 14.0 Å². The molecule has 7 unspecified atom stereocenters. The first-order valence-corrected chi connectivity index (χ1v) is 17.2. The van der Waals surface area contributed by atoms with Gasteiger partial charge in [0, 0.05) is 51.6 Å². The van der Waals surface area contributed by atoms with E-state index in [1.165, 1.54) is 6.21 Å². The summed E-state index contributed by atoms with van der Waals surface area (Å²) in [5, 5.41) is 6.30. The van der Waals surface area contributed by atoms with Crippen LogP contribution in [0.5, 0.6) is 0 Å². The summed E-state index contributed by atoms with van der Waals surface area (Å²) < 4.78 is 32.3. The molecule has 0 aliphatic carbocycles. The average molecular weight is 638 g/mol. The maximum Gasteiger partial charge on any atom is 0.233 e. The normalized spacial score (nSPS) is 33.7. The highest BCUT2D eigenvalue weighted by atomic mass is 19.1. The lowest BCUT2D eigenvalue weighted by molar-refractivity contribution is -0.546. The number of hydrogen-bond donors (Lipinski definition) is 4. The van der Waals surface area contributed by atoms with Gasteiger partial charge in [0.05, 0.1) is 18.2 Å². The van der Waals surface area contributed by atoms with Gasteiger partial charge in [0.2, 0.25) is 11.8 Å². The molecule has 7 atom stereocenters. The molecule has 0 radical (unpaired) electrons. The molecule has 256 valence electrons. The van der Waals surface area contributed by atoms with Gasteiger partial charge in [-0.3, -0.25) is 14.5 Å². The highest BCUT2D eigenvalue weighted by molar-refractivity contribution is 5.80. The number of piperidine rings is 2. The quantitative estimate of drug-likeness (QED) is 0.170. The molecule has 4 aliphatic heterocycles. The summed E-state index contributed by atoms with van der Waals surface area (Å²) >= 11 is 0. The fourth-order valence-electron chi connectivity index (χ4n) is 8.19. The van der Waals surface area contributed by atoms with Gasteiger partial charge >= 0.3 is 0 Å². The molecular weight excluding hydrogens is 578 g/mol. The molecule has 2 amide bonds. The number of halogens is 2. The van der Waals surface area contributed by atoms with Crippen molar-refractivity contribution in [3.05, 3.63) is 12.2 Å². The van der Waals surface area contributed by atoms with Crippen molar-refractivity contribution in [1.29, 1.82) is 0 Å². The minimum Gasteiger partial charge on any atom is -0.350 e. The maximum atomic E-state index is 15.7. The maximum absolute atomic E-state index is 15.7. The van der Waals surface area contributed by atoms with Crippen LogP contribution in [0.4, 0.5) is 8.78 Å². The predicted molar refractivity (Wildman–Crippen MR) is 174 cm³/mol. The third-order valence-electron chi connectivity index (χ3n) is 11.0. The zero-order valence-electron chi connectivity index (χ0n) is 28.0. The zero-order valence-corrected chi connectivity index (χ0v) is 28.0. The Morgan fingerprint density at radius 2 is 1.78 bits per heavy atom. The van der Waals surface area contributed by atoms with Crippen molar-refractivity contribution in [2.45, 2.75) is 95.4 Å². The van der Waals surface area contributed by atoms with Gasteiger partial charge in [-0.25, -0.2) is 13.4 Å². The Morgan fingerprint density at radius 3 is 2.40 bits per heavy atom. The molecule has 0 saturated carbocycles. The van der Waals surface area contributed by atoms with Gasteiger partial charge in [-0.15, -0.1) is 0 Å². The molecule has 0 bridgehead atoms. The van der Waals surface area contributed by atoms with Crippen LogP contribution in [-0.2, 0) is 9.59 Å². The third-order valence-corrected chi connectivity index (χ3v) is 11.0. The third kappa shape index (κ3) is 8.88. The van der Waals surface area contributed by atoms with E-state index in [4.69, 9.17) is 11.5 Å². The summed E-state index contributed by atoms with van der Waals surface area (Å²) in [6, 6.07) is -1.45. The van der Waals surface area contributed by atoms with Crippen LogP contribution >= 0.6 is 0 Å². The largest absolute Gasteiger partial charge is 0.350 e. The van der Waals surface area contributed by atoms with E-state index in [0.29, 0.717) is 38.9 Å². The van der Waals surface area contributed by atoms with Crippen LogP contribution in [0.1, 0.15) is 58.8 Å². The Labute approximate surface area is 269 Å². The highest BCUT2D eigenvalue weighted by Crippen LogP contribution is 2.40. The van der Waals surface area contributed by atoms with Gasteiger partial charge in [0.15, 0.2) is 18.4 Å². The van der Waals surface area contributed by atoms with Crippen molar-refractivity contribution < 1.29 is 22.9 Å². The van der Waals surface area contributed by atoms with E-state index in [2.05, 4.69) is 41.3 Å². The number of nitrogens with zero attached hydrogens (tertiary/aromatic N) is 4. The van der Waals surface area contributed by atoms with Gasteiger partial charge in [0.25, 0.3) is 0 Å². The number of carbonyl (C=O) groups excluding carboxylic acids is 2. The lowest BCUT2D eigenvalue weighted by Gasteiger charge is -2.46. The number of carbonyl (C=O) groups is 2. The van der Waals surface area contributed by atoms with Crippen LogP contribution < -0.4 is 22.1 Å². The number of amides is 2. The monoisotopic (exact) mass is 637 g/mol. The summed E-state index contributed by atoms with van der Waals surface area (Å²) in [4.78, 5) is 33.7. The summed E-state index contributed by atoms with van der Waals surface area (Å²) in [7, 11) is 3.87. The van der Waals surface area contributed by atoms with Gasteiger partial charge in [-0.05, 0) is 63.7 Å². The van der Waals surface area contributed by atoms with Crippen LogP contribution in [0.3, 0.4) is 0 Å². The second-order valence-electron chi connectivity index (χ2n) is 14.1. The number of allylic oxidation sites excluding steroid dienone is 2. The first-order valence-electron chi connectivity index (χ1n) is 17.2. The van der Waals surface area contributed by atoms with Crippen LogP contribution in [0.2, 0.25) is 0 Å². The topological polar surface area (TPSA) is 123 Å². The molecule has 0 aromatic heterocycles. The summed E-state index contributed by atoms with van der Waals surface area (Å²) in [5.74, 6) is -0.997. The molecule has 0 spiro atoms. The molecule has 4 heterocycles. The summed E-state index contributed by atoms with van der Waals surface area (Å²) in [6.07, 6.45) is 7.05. The molecule has 12 heteroatoms. The van der Waals surface area contributed by atoms with E-state index < -0.39 is 42.6 Å². The molecule has 4 rings (SSSR count). The Hall–Kier alpha value is -1.99. The Bertz CT molecular complexity index is 1040. The molecule has 3 saturated heterocycles. The molecule has 3 fully saturated rings. The predicted octanol–water partition coefficient (Wildman–Crippen LogP) is 1.09. The van der Waals surface area contributed by atoms with E-state index in [1.807, 2.05) is 11.0 Å². The molecular formula is C33H59F2N8O2+. The number of nitrogens with one attached hydrogen (secondary N) is 2. The summed E-state index contributed by atoms with van der Waals surface area (Å²) in [5.41, 5.74) is 12.6. The smallest absolute Gasteiger partial charge is 0.233 e.